The highest BCUT2D eigenvalue weighted by Gasteiger charge is 2.15. The average molecular weight is 550 g/mol. The van der Waals surface area contributed by atoms with Crippen molar-refractivity contribution in [2.75, 3.05) is 38.6 Å². The average Bonchev–Trinajstić information content (AvgIpc) is 3.34. The number of hydrogen-bond acceptors (Lipinski definition) is 7. The predicted octanol–water partition coefficient (Wildman–Crippen LogP) is 2.65. The standard InChI is InChI=1S/C24H24N2O2.C7H7N5O/c1-2-21-18-20-9-6-8-19(10-7-13-25-14-16-28-17-15-25)23(20)24(27)26(21)22-11-4-3-5-12-22;8-5-4(6(9)13)7-10-2-1-3-12(7)11-5/h3-6,8-9,11-12,18H,2,13-17H2,1H3;1-3H,(H2,8,11)(H2,9,13). The maximum absolute atomic E-state index is 13.5. The molecule has 1 aliphatic rings. The molecule has 1 saturated heterocycles. The van der Waals surface area contributed by atoms with Crippen LogP contribution in [0.1, 0.15) is 28.5 Å². The molecule has 0 saturated carbocycles. The van der Waals surface area contributed by atoms with Crippen molar-refractivity contribution >= 4 is 28.1 Å². The summed E-state index contributed by atoms with van der Waals surface area (Å²) in [4.78, 5) is 30.6. The molecule has 2 aromatic carbocycles. The minimum atomic E-state index is -0.619. The molecule has 4 N–H and O–H groups in total. The van der Waals surface area contributed by atoms with Gasteiger partial charge in [0.05, 0.1) is 25.1 Å². The third kappa shape index (κ3) is 5.96. The van der Waals surface area contributed by atoms with Crippen molar-refractivity contribution in [3.05, 3.63) is 100 Å². The molecule has 10 nitrogen and oxygen atoms in total. The number of morpholine rings is 1. The number of para-hydroxylation sites is 1. The second-order valence-corrected chi connectivity index (χ2v) is 9.44. The van der Waals surface area contributed by atoms with E-state index in [1.807, 2.05) is 53.1 Å². The van der Waals surface area contributed by atoms with Gasteiger partial charge in [0.1, 0.15) is 5.56 Å². The highest BCUT2D eigenvalue weighted by molar-refractivity contribution is 6.03. The molecule has 4 heterocycles. The summed E-state index contributed by atoms with van der Waals surface area (Å²) in [5.41, 5.74) is 13.8. The van der Waals surface area contributed by atoms with Gasteiger partial charge in [0.2, 0.25) is 0 Å². The lowest BCUT2D eigenvalue weighted by molar-refractivity contribution is 0.0443. The first-order valence-electron chi connectivity index (χ1n) is 13.4. The van der Waals surface area contributed by atoms with E-state index in [1.165, 1.54) is 4.52 Å². The summed E-state index contributed by atoms with van der Waals surface area (Å²) < 4.78 is 8.61. The molecule has 1 amide bonds. The fourth-order valence-corrected chi connectivity index (χ4v) is 4.79. The van der Waals surface area contributed by atoms with Crippen LogP contribution < -0.4 is 17.0 Å². The number of pyridine rings is 1. The number of fused-ring (bicyclic) bond motifs is 2. The van der Waals surface area contributed by atoms with Crippen molar-refractivity contribution in [1.82, 2.24) is 24.1 Å². The van der Waals surface area contributed by atoms with Crippen LogP contribution >= 0.6 is 0 Å². The number of aromatic nitrogens is 4. The van der Waals surface area contributed by atoms with E-state index in [0.717, 1.165) is 55.1 Å². The van der Waals surface area contributed by atoms with E-state index >= 15 is 0 Å². The van der Waals surface area contributed by atoms with Crippen LogP contribution in [0, 0.1) is 11.8 Å². The van der Waals surface area contributed by atoms with Gasteiger partial charge in [0.15, 0.2) is 11.5 Å². The van der Waals surface area contributed by atoms with Crippen LogP contribution in [-0.2, 0) is 11.2 Å². The molecule has 208 valence electrons. The molecule has 41 heavy (non-hydrogen) atoms. The second kappa shape index (κ2) is 12.5. The zero-order valence-corrected chi connectivity index (χ0v) is 22.8. The number of hydrogen-bond donors (Lipinski definition) is 2. The molecule has 1 aliphatic heterocycles. The molecule has 6 rings (SSSR count). The SMILES string of the molecule is CCc1cc2cccc(C#CCN3CCOCC3)c2c(=O)n1-c1ccccc1.NC(=O)c1c(N)nn2cccnc12. The van der Waals surface area contributed by atoms with Crippen molar-refractivity contribution in [3.63, 3.8) is 0 Å². The number of nitrogens with zero attached hydrogens (tertiary/aromatic N) is 5. The monoisotopic (exact) mass is 549 g/mol. The van der Waals surface area contributed by atoms with Gasteiger partial charge in [-0.1, -0.05) is 49.1 Å². The van der Waals surface area contributed by atoms with Crippen molar-refractivity contribution in [3.8, 4) is 17.5 Å². The first-order chi connectivity index (χ1) is 20.0. The van der Waals surface area contributed by atoms with E-state index < -0.39 is 5.91 Å². The Labute approximate surface area is 237 Å². The molecule has 5 aromatic rings. The number of primary amides is 1. The minimum absolute atomic E-state index is 0.00294. The van der Waals surface area contributed by atoms with Crippen LogP contribution in [0.15, 0.2) is 77.9 Å². The van der Waals surface area contributed by atoms with Gasteiger partial charge in [0, 0.05) is 42.4 Å². The molecule has 0 atom stereocenters. The van der Waals surface area contributed by atoms with Crippen LogP contribution in [-0.4, -0.2) is 62.8 Å². The fourth-order valence-electron chi connectivity index (χ4n) is 4.79. The van der Waals surface area contributed by atoms with Crippen LogP contribution in [0.2, 0.25) is 0 Å². The summed E-state index contributed by atoms with van der Waals surface area (Å²) >= 11 is 0. The van der Waals surface area contributed by atoms with Crippen LogP contribution in [0.3, 0.4) is 0 Å². The molecule has 3 aromatic heterocycles. The number of amides is 1. The van der Waals surface area contributed by atoms with Gasteiger partial charge in [-0.3, -0.25) is 19.1 Å². The summed E-state index contributed by atoms with van der Waals surface area (Å²) in [5, 5.41) is 5.51. The quantitative estimate of drug-likeness (QED) is 0.329. The summed E-state index contributed by atoms with van der Waals surface area (Å²) in [6.07, 6.45) is 3.97. The molecule has 0 unspecified atom stereocenters. The molecular formula is C31H31N7O3. The van der Waals surface area contributed by atoms with E-state index in [1.54, 1.807) is 18.5 Å². The maximum Gasteiger partial charge on any atom is 0.264 e. The Morgan fingerprint density at radius 2 is 1.85 bits per heavy atom. The topological polar surface area (TPSA) is 134 Å². The Bertz CT molecular complexity index is 1810. The molecule has 0 radical (unpaired) electrons. The molecule has 0 bridgehead atoms. The number of rotatable bonds is 4. The van der Waals surface area contributed by atoms with Crippen molar-refractivity contribution in [2.45, 2.75) is 13.3 Å². The van der Waals surface area contributed by atoms with E-state index in [4.69, 9.17) is 16.2 Å². The van der Waals surface area contributed by atoms with Crippen LogP contribution in [0.5, 0.6) is 0 Å². The number of benzene rings is 2. The molecular weight excluding hydrogens is 518 g/mol. The molecule has 0 spiro atoms. The van der Waals surface area contributed by atoms with Crippen molar-refractivity contribution in [1.29, 1.82) is 0 Å². The highest BCUT2D eigenvalue weighted by atomic mass is 16.5. The first kappa shape index (κ1) is 27.6. The van der Waals surface area contributed by atoms with E-state index in [0.29, 0.717) is 17.6 Å². The van der Waals surface area contributed by atoms with Gasteiger partial charge in [-0.25, -0.2) is 9.50 Å². The number of carbonyl (C=O) groups is 1. The van der Waals surface area contributed by atoms with Crippen molar-refractivity contribution < 1.29 is 9.53 Å². The van der Waals surface area contributed by atoms with Crippen molar-refractivity contribution in [2.24, 2.45) is 5.73 Å². The van der Waals surface area contributed by atoms with Gasteiger partial charge in [-0.15, -0.1) is 5.10 Å². The number of aryl methyl sites for hydroxylation is 1. The normalized spacial score (nSPS) is 13.3. The maximum atomic E-state index is 13.5. The third-order valence-corrected chi connectivity index (χ3v) is 6.80. The lowest BCUT2D eigenvalue weighted by atomic mass is 10.0. The number of anilines is 1. The first-order valence-corrected chi connectivity index (χ1v) is 13.4. The summed E-state index contributed by atoms with van der Waals surface area (Å²) in [7, 11) is 0. The summed E-state index contributed by atoms with van der Waals surface area (Å²) in [6, 6.07) is 19.5. The Kier molecular flexibility index (Phi) is 8.39. The zero-order valence-electron chi connectivity index (χ0n) is 22.8. The summed E-state index contributed by atoms with van der Waals surface area (Å²) in [6.45, 7) is 6.11. The number of nitrogen functional groups attached to an aromatic ring is 1. The summed E-state index contributed by atoms with van der Waals surface area (Å²) in [5.74, 6) is 5.98. The Morgan fingerprint density at radius 1 is 1.07 bits per heavy atom. The van der Waals surface area contributed by atoms with Gasteiger partial charge in [-0.05, 0) is 42.1 Å². The van der Waals surface area contributed by atoms with Gasteiger partial charge in [-0.2, -0.15) is 0 Å². The predicted molar refractivity (Wildman–Crippen MR) is 159 cm³/mol. The van der Waals surface area contributed by atoms with E-state index in [9.17, 15) is 9.59 Å². The van der Waals surface area contributed by atoms with E-state index in [2.05, 4.69) is 39.8 Å². The Morgan fingerprint density at radius 3 is 2.59 bits per heavy atom. The van der Waals surface area contributed by atoms with Gasteiger partial charge < -0.3 is 16.2 Å². The fraction of sp³-hybridized carbons (Fsp3) is 0.226. The van der Waals surface area contributed by atoms with Gasteiger partial charge in [0.25, 0.3) is 11.5 Å². The molecule has 0 aliphatic carbocycles. The largest absolute Gasteiger partial charge is 0.381 e. The smallest absolute Gasteiger partial charge is 0.264 e. The third-order valence-electron chi connectivity index (χ3n) is 6.80. The Hall–Kier alpha value is -4.98. The lowest BCUT2D eigenvalue weighted by Crippen LogP contribution is -2.36. The number of carbonyl (C=O) groups excluding carboxylic acids is 1. The molecule has 10 heteroatoms. The number of nitrogens with two attached hydrogens (primary N) is 2. The number of ether oxygens (including phenoxy) is 1. The van der Waals surface area contributed by atoms with Crippen LogP contribution in [0.4, 0.5) is 5.82 Å². The molecule has 1 fully saturated rings. The highest BCUT2D eigenvalue weighted by Crippen LogP contribution is 2.19. The lowest BCUT2D eigenvalue weighted by Gasteiger charge is -2.24. The second-order valence-electron chi connectivity index (χ2n) is 9.44. The zero-order chi connectivity index (χ0) is 28.8. The van der Waals surface area contributed by atoms with Gasteiger partial charge >= 0.3 is 0 Å². The minimum Gasteiger partial charge on any atom is -0.381 e. The van der Waals surface area contributed by atoms with Crippen LogP contribution in [0.25, 0.3) is 22.1 Å². The van der Waals surface area contributed by atoms with E-state index in [-0.39, 0.29) is 16.9 Å². The Balaban J connectivity index is 0.000000216.